The van der Waals surface area contributed by atoms with Crippen LogP contribution in [0, 0.1) is 0 Å². The van der Waals surface area contributed by atoms with Crippen molar-refractivity contribution in [2.75, 3.05) is 46.6 Å². The normalized spacial score (nSPS) is 18.4. The maximum atomic E-state index is 12.5. The van der Waals surface area contributed by atoms with Crippen LogP contribution in [0.4, 0.5) is 0 Å². The number of ether oxygens (including phenoxy) is 2. The lowest BCUT2D eigenvalue weighted by molar-refractivity contribution is -0.0301. The summed E-state index contributed by atoms with van der Waals surface area (Å²) >= 11 is 0. The van der Waals surface area contributed by atoms with Gasteiger partial charge < -0.3 is 14.4 Å². The highest BCUT2D eigenvalue weighted by molar-refractivity contribution is 6.53. The van der Waals surface area contributed by atoms with Crippen molar-refractivity contribution < 1.29 is 38.2 Å². The van der Waals surface area contributed by atoms with Crippen LogP contribution in [0.1, 0.15) is 93.5 Å². The van der Waals surface area contributed by atoms with Crippen molar-refractivity contribution in [3.05, 3.63) is 107 Å². The molecule has 3 aliphatic carbocycles. The molecule has 3 fully saturated rings. The van der Waals surface area contributed by atoms with E-state index < -0.39 is 34.7 Å². The number of hydrogen-bond acceptors (Lipinski definition) is 15. The van der Waals surface area contributed by atoms with Crippen molar-refractivity contribution in [3.8, 4) is 33.8 Å². The third kappa shape index (κ3) is 5.89. The number of carbonyl (C=O) groups excluding carboxylic acids is 6. The first-order valence-electron chi connectivity index (χ1n) is 19.5. The van der Waals surface area contributed by atoms with Crippen LogP contribution in [-0.4, -0.2) is 131 Å². The van der Waals surface area contributed by atoms with Crippen LogP contribution in [0.5, 0.6) is 0 Å². The van der Waals surface area contributed by atoms with Gasteiger partial charge in [-0.2, -0.15) is 0 Å². The molecule has 60 heavy (non-hydrogen) atoms. The van der Waals surface area contributed by atoms with Crippen molar-refractivity contribution >= 4 is 34.7 Å². The Kier molecular flexibility index (Phi) is 9.11. The monoisotopic (exact) mass is 806 g/mol. The third-order valence-corrected chi connectivity index (χ3v) is 11.6. The highest BCUT2D eigenvalue weighted by Gasteiger charge is 2.40. The fraction of sp³-hybridized carbons (Fsp3) is 0.286. The lowest BCUT2D eigenvalue weighted by Crippen LogP contribution is -2.35. The average molecular weight is 807 g/mol. The smallest absolute Gasteiger partial charge is 0.256 e. The van der Waals surface area contributed by atoms with E-state index in [1.807, 2.05) is 30.3 Å². The first kappa shape index (κ1) is 37.3. The number of carbonyl (C=O) groups is 6. The second-order valence-corrected chi connectivity index (χ2v) is 15.2. The van der Waals surface area contributed by atoms with Gasteiger partial charge in [0.05, 0.1) is 32.5 Å². The number of benzene rings is 3. The maximum Gasteiger partial charge on any atom is 0.256 e. The van der Waals surface area contributed by atoms with E-state index in [0.717, 1.165) is 31.5 Å². The van der Waals surface area contributed by atoms with Crippen molar-refractivity contribution in [2.45, 2.75) is 31.0 Å². The van der Waals surface area contributed by atoms with Gasteiger partial charge in [-0.15, -0.1) is 15.3 Å². The van der Waals surface area contributed by atoms with Crippen molar-refractivity contribution in [1.82, 2.24) is 49.9 Å². The Balaban J connectivity index is 0.000000109. The number of rotatable bonds is 3. The number of aromatic nitrogens is 9. The molecule has 18 nitrogen and oxygen atoms in total. The summed E-state index contributed by atoms with van der Waals surface area (Å²) in [7, 11) is 2.08. The minimum Gasteiger partial charge on any atom is -0.377 e. The molecule has 3 aromatic heterocycles. The number of nitrogens with zero attached hydrogens (tertiary/aromatic N) is 10. The highest BCUT2D eigenvalue weighted by atomic mass is 16.5. The fourth-order valence-corrected chi connectivity index (χ4v) is 8.16. The van der Waals surface area contributed by atoms with Crippen LogP contribution < -0.4 is 0 Å². The summed E-state index contributed by atoms with van der Waals surface area (Å²) in [4.78, 5) is 75.4. The molecule has 0 saturated carbocycles. The van der Waals surface area contributed by atoms with E-state index in [0.29, 0.717) is 77.0 Å². The Hall–Kier alpha value is -7.02. The Morgan fingerprint density at radius 2 is 0.800 bits per heavy atom. The second-order valence-electron chi connectivity index (χ2n) is 15.2. The van der Waals surface area contributed by atoms with E-state index in [9.17, 15) is 28.8 Å². The summed E-state index contributed by atoms with van der Waals surface area (Å²) in [6.45, 7) is 4.02. The average Bonchev–Trinajstić information content (AvgIpc) is 3.99. The van der Waals surface area contributed by atoms with E-state index in [-0.39, 0.29) is 29.5 Å². The number of fused-ring (bicyclic) bond motifs is 9. The summed E-state index contributed by atoms with van der Waals surface area (Å²) in [6, 6.07) is 21.4. The zero-order chi connectivity index (χ0) is 41.2. The number of hydrogen-bond donors (Lipinski definition) is 0. The molecule has 0 bridgehead atoms. The first-order valence-corrected chi connectivity index (χ1v) is 19.5. The van der Waals surface area contributed by atoms with Crippen molar-refractivity contribution in [2.24, 2.45) is 0 Å². The molecule has 3 saturated heterocycles. The van der Waals surface area contributed by atoms with Gasteiger partial charge in [-0.25, -0.2) is 14.0 Å². The van der Waals surface area contributed by atoms with Crippen LogP contribution >= 0.6 is 0 Å². The van der Waals surface area contributed by atoms with Crippen LogP contribution in [0.3, 0.4) is 0 Å². The Morgan fingerprint density at radius 1 is 0.433 bits per heavy atom. The minimum atomic E-state index is -0.583. The Labute approximate surface area is 340 Å². The SMILES string of the molecule is CN1CCC(n2nnc3c2C(=O)C(=O)c2ccccc2-3)CC1.O=C1C(=O)c2c(nnn2C2COC2)-c2ccccc21.O=C1C(=O)c2nnn(C3COC3)c2-c2ccccc21. The Morgan fingerprint density at radius 3 is 1.25 bits per heavy atom. The van der Waals surface area contributed by atoms with E-state index in [1.54, 1.807) is 51.8 Å². The summed E-state index contributed by atoms with van der Waals surface area (Å²) in [5.41, 5.74) is 5.82. The predicted molar refractivity (Wildman–Crippen MR) is 208 cm³/mol. The highest BCUT2D eigenvalue weighted by Crippen LogP contribution is 2.37. The molecule has 3 aromatic carbocycles. The maximum absolute atomic E-state index is 12.5. The van der Waals surface area contributed by atoms with Crippen LogP contribution in [0.2, 0.25) is 0 Å². The van der Waals surface area contributed by atoms with E-state index in [4.69, 9.17) is 9.47 Å². The van der Waals surface area contributed by atoms with Gasteiger partial charge in [0, 0.05) is 33.4 Å². The lowest BCUT2D eigenvalue weighted by Gasteiger charge is -2.29. The number of Topliss-reactive ketones (excluding diaryl/α,β-unsaturated/α-hetero) is 6. The summed E-state index contributed by atoms with van der Waals surface area (Å²) in [5, 5.41) is 24.4. The van der Waals surface area contributed by atoms with Gasteiger partial charge >= 0.3 is 0 Å². The topological polar surface area (TPSA) is 216 Å². The molecule has 0 radical (unpaired) electrons. The van der Waals surface area contributed by atoms with Gasteiger partial charge in [0.25, 0.3) is 17.3 Å². The standard InChI is InChI=1S/C16H16N4O2.2C13H9N3O3/c1-19-8-6-10(7-9-19)20-14-13(17-18-20)11-4-2-3-5-12(11)15(21)16(14)22;17-12-9-4-2-1-3-8(9)11-10(13(12)18)14-15-16(11)7-5-19-6-7;17-12-9-4-2-1-3-8(9)10-11(13(12)18)16(15-14-10)7-5-19-6-7/h2-5,10H,6-9H2,1H3;2*1-4,7H,5-6H2. The molecule has 3 aliphatic heterocycles. The van der Waals surface area contributed by atoms with Crippen LogP contribution in [0.25, 0.3) is 33.8 Å². The molecular weight excluding hydrogens is 773 g/mol. The van der Waals surface area contributed by atoms with E-state index in [2.05, 4.69) is 42.9 Å². The molecule has 0 amide bonds. The summed E-state index contributed by atoms with van der Waals surface area (Å²) in [5.74, 6) is -3.07. The molecule has 18 heteroatoms. The number of piperidine rings is 1. The summed E-state index contributed by atoms with van der Waals surface area (Å²) < 4.78 is 15.1. The van der Waals surface area contributed by atoms with Gasteiger partial charge in [0.15, 0.2) is 5.69 Å². The molecule has 6 aliphatic rings. The molecule has 6 aromatic rings. The quantitative estimate of drug-likeness (QED) is 0.234. The molecular formula is C42H34N10O8. The van der Waals surface area contributed by atoms with Gasteiger partial charge in [0.1, 0.15) is 40.6 Å². The Bertz CT molecular complexity index is 2800. The molecule has 6 heterocycles. The number of likely N-dealkylation sites (tertiary alicyclic amines) is 1. The van der Waals surface area contributed by atoms with E-state index >= 15 is 0 Å². The second kappa shape index (κ2) is 14.7. The van der Waals surface area contributed by atoms with E-state index in [1.165, 1.54) is 4.68 Å². The van der Waals surface area contributed by atoms with Gasteiger partial charge in [-0.05, 0) is 33.0 Å². The van der Waals surface area contributed by atoms with Gasteiger partial charge in [0.2, 0.25) is 17.3 Å². The van der Waals surface area contributed by atoms with Gasteiger partial charge in [-0.3, -0.25) is 28.8 Å². The summed E-state index contributed by atoms with van der Waals surface area (Å²) in [6.07, 6.45) is 1.82. The predicted octanol–water partition coefficient (Wildman–Crippen LogP) is 3.38. The molecule has 0 spiro atoms. The fourth-order valence-electron chi connectivity index (χ4n) is 8.16. The first-order chi connectivity index (χ1) is 29.2. The van der Waals surface area contributed by atoms with Crippen molar-refractivity contribution in [1.29, 1.82) is 0 Å². The minimum absolute atomic E-state index is 0.00161. The molecule has 300 valence electrons. The van der Waals surface area contributed by atoms with Gasteiger partial charge in [-0.1, -0.05) is 88.4 Å². The van der Waals surface area contributed by atoms with Crippen LogP contribution in [-0.2, 0) is 9.47 Å². The number of ketones is 6. The molecule has 0 N–H and O–H groups in total. The third-order valence-electron chi connectivity index (χ3n) is 11.6. The molecule has 0 atom stereocenters. The lowest BCUT2D eigenvalue weighted by atomic mass is 9.90. The zero-order valence-electron chi connectivity index (χ0n) is 32.1. The zero-order valence-corrected chi connectivity index (χ0v) is 32.1. The van der Waals surface area contributed by atoms with Crippen LogP contribution in [0.15, 0.2) is 72.8 Å². The largest absolute Gasteiger partial charge is 0.377 e. The molecule has 12 rings (SSSR count). The molecule has 0 unspecified atom stereocenters. The van der Waals surface area contributed by atoms with Crippen molar-refractivity contribution in [3.63, 3.8) is 0 Å².